The summed E-state index contributed by atoms with van der Waals surface area (Å²) in [5.74, 6) is -0.0719. The number of Topliss-reactive ketones (excluding diaryl/α,β-unsaturated/α-hetero) is 1. The molecule has 0 amide bonds. The maximum atomic E-state index is 12.6. The third-order valence-corrected chi connectivity index (χ3v) is 5.64. The summed E-state index contributed by atoms with van der Waals surface area (Å²) < 4.78 is 26.7. The molecule has 1 saturated heterocycles. The second kappa shape index (κ2) is 6.73. The van der Waals surface area contributed by atoms with Crippen LogP contribution in [0.15, 0.2) is 41.3 Å². The van der Waals surface area contributed by atoms with Gasteiger partial charge < -0.3 is 0 Å². The van der Waals surface area contributed by atoms with Gasteiger partial charge in [0.05, 0.1) is 4.90 Å². The molecule has 0 bridgehead atoms. The number of piperazine rings is 1. The molecule has 1 aromatic rings. The molecule has 0 unspecified atom stereocenters. The quantitative estimate of drug-likeness (QED) is 0.612. The maximum absolute atomic E-state index is 12.6. The zero-order valence-electron chi connectivity index (χ0n) is 13.1. The molecule has 0 radical (unpaired) electrons. The van der Waals surface area contributed by atoms with Crippen LogP contribution in [-0.2, 0) is 10.0 Å². The van der Waals surface area contributed by atoms with Gasteiger partial charge in [-0.15, -0.1) is 0 Å². The van der Waals surface area contributed by atoms with E-state index >= 15 is 0 Å². The Morgan fingerprint density at radius 3 is 2.09 bits per heavy atom. The minimum Gasteiger partial charge on any atom is -0.297 e. The molecule has 1 aliphatic heterocycles. The van der Waals surface area contributed by atoms with E-state index in [4.69, 9.17) is 0 Å². The van der Waals surface area contributed by atoms with Crippen LogP contribution in [0.5, 0.6) is 0 Å². The first-order valence-electron chi connectivity index (χ1n) is 7.28. The van der Waals surface area contributed by atoms with E-state index in [-0.39, 0.29) is 10.7 Å². The smallest absolute Gasteiger partial charge is 0.243 e. The van der Waals surface area contributed by atoms with E-state index < -0.39 is 10.0 Å². The van der Waals surface area contributed by atoms with Gasteiger partial charge >= 0.3 is 0 Å². The second-order valence-electron chi connectivity index (χ2n) is 5.72. The van der Waals surface area contributed by atoms with Crippen LogP contribution in [-0.4, -0.2) is 56.1 Å². The van der Waals surface area contributed by atoms with Gasteiger partial charge in [0, 0.05) is 38.3 Å². The highest BCUT2D eigenvalue weighted by atomic mass is 32.2. The van der Waals surface area contributed by atoms with Crippen LogP contribution in [0.25, 0.3) is 0 Å². The van der Waals surface area contributed by atoms with Gasteiger partial charge in [0.25, 0.3) is 0 Å². The summed E-state index contributed by atoms with van der Waals surface area (Å²) in [7, 11) is -3.48. The Morgan fingerprint density at radius 1 is 1.09 bits per heavy atom. The van der Waals surface area contributed by atoms with Gasteiger partial charge in [-0.25, -0.2) is 8.42 Å². The normalized spacial score (nSPS) is 17.4. The standard InChI is InChI=1S/C16H22N2O3S/c1-13(2)12-17-8-10-18(11-9-17)22(20,21)16-6-4-15(5-7-16)14(3)19/h4-7H,1,8-12H2,2-3H3. The summed E-state index contributed by atoms with van der Waals surface area (Å²) in [6, 6.07) is 6.14. The number of sulfonamides is 1. The van der Waals surface area contributed by atoms with Crippen molar-refractivity contribution in [3.05, 3.63) is 42.0 Å². The first kappa shape index (κ1) is 16.9. The van der Waals surface area contributed by atoms with E-state index in [0.29, 0.717) is 31.7 Å². The Kier molecular flexibility index (Phi) is 5.16. The van der Waals surface area contributed by atoms with Crippen molar-refractivity contribution in [2.45, 2.75) is 18.7 Å². The molecule has 1 aromatic carbocycles. The molecule has 6 heteroatoms. The molecule has 1 aliphatic rings. The van der Waals surface area contributed by atoms with E-state index in [2.05, 4.69) is 11.5 Å². The number of carbonyl (C=O) groups is 1. The predicted molar refractivity (Wildman–Crippen MR) is 86.5 cm³/mol. The number of carbonyl (C=O) groups excluding carboxylic acids is 1. The number of benzene rings is 1. The fourth-order valence-electron chi connectivity index (χ4n) is 2.52. The number of hydrogen-bond acceptors (Lipinski definition) is 4. The van der Waals surface area contributed by atoms with Gasteiger partial charge in [-0.3, -0.25) is 9.69 Å². The minimum absolute atomic E-state index is 0.0719. The van der Waals surface area contributed by atoms with Gasteiger partial charge in [0.1, 0.15) is 0 Å². The summed E-state index contributed by atoms with van der Waals surface area (Å²) in [4.78, 5) is 13.7. The number of rotatable bonds is 5. The molecule has 0 saturated carbocycles. The van der Waals surface area contributed by atoms with Gasteiger partial charge in [-0.1, -0.05) is 24.3 Å². The number of hydrogen-bond donors (Lipinski definition) is 0. The lowest BCUT2D eigenvalue weighted by molar-refractivity contribution is 0.101. The van der Waals surface area contributed by atoms with Crippen molar-refractivity contribution >= 4 is 15.8 Å². The summed E-state index contributed by atoms with van der Waals surface area (Å²) in [5.41, 5.74) is 1.60. The molecule has 1 fully saturated rings. The topological polar surface area (TPSA) is 57.7 Å². The summed E-state index contributed by atoms with van der Waals surface area (Å²) >= 11 is 0. The van der Waals surface area contributed by atoms with Crippen molar-refractivity contribution in [1.82, 2.24) is 9.21 Å². The molecule has 22 heavy (non-hydrogen) atoms. The van der Waals surface area contributed by atoms with Gasteiger partial charge in [0.15, 0.2) is 5.78 Å². The lowest BCUT2D eigenvalue weighted by Crippen LogP contribution is -2.48. The van der Waals surface area contributed by atoms with Gasteiger partial charge in [0.2, 0.25) is 10.0 Å². The van der Waals surface area contributed by atoms with Crippen molar-refractivity contribution in [2.24, 2.45) is 0 Å². The Bertz CT molecular complexity index is 657. The highest BCUT2D eigenvalue weighted by Gasteiger charge is 2.28. The molecular weight excluding hydrogens is 300 g/mol. The molecule has 0 aliphatic carbocycles. The zero-order valence-corrected chi connectivity index (χ0v) is 13.9. The van der Waals surface area contributed by atoms with E-state index in [1.807, 2.05) is 6.92 Å². The lowest BCUT2D eigenvalue weighted by Gasteiger charge is -2.34. The first-order chi connectivity index (χ1) is 10.3. The molecule has 0 aromatic heterocycles. The molecule has 5 nitrogen and oxygen atoms in total. The molecule has 120 valence electrons. The van der Waals surface area contributed by atoms with Crippen LogP contribution in [0.2, 0.25) is 0 Å². The Morgan fingerprint density at radius 2 is 1.64 bits per heavy atom. The monoisotopic (exact) mass is 322 g/mol. The van der Waals surface area contributed by atoms with E-state index in [1.165, 1.54) is 23.4 Å². The van der Waals surface area contributed by atoms with Gasteiger partial charge in [-0.05, 0) is 26.0 Å². The van der Waals surface area contributed by atoms with Crippen molar-refractivity contribution in [3.8, 4) is 0 Å². The second-order valence-corrected chi connectivity index (χ2v) is 7.66. The van der Waals surface area contributed by atoms with Crippen LogP contribution < -0.4 is 0 Å². The summed E-state index contributed by atoms with van der Waals surface area (Å²) in [6.07, 6.45) is 0. The van der Waals surface area contributed by atoms with E-state index in [9.17, 15) is 13.2 Å². The summed E-state index contributed by atoms with van der Waals surface area (Å²) in [5, 5.41) is 0. The van der Waals surface area contributed by atoms with E-state index in [1.54, 1.807) is 12.1 Å². The molecule has 1 heterocycles. The highest BCUT2D eigenvalue weighted by Crippen LogP contribution is 2.18. The Hall–Kier alpha value is -1.50. The SMILES string of the molecule is C=C(C)CN1CCN(S(=O)(=O)c2ccc(C(C)=O)cc2)CC1. The molecule has 0 spiro atoms. The predicted octanol–water partition coefficient (Wildman–Crippen LogP) is 1.77. The number of ketones is 1. The van der Waals surface area contributed by atoms with Gasteiger partial charge in [-0.2, -0.15) is 4.31 Å². The first-order valence-corrected chi connectivity index (χ1v) is 8.72. The third-order valence-electron chi connectivity index (χ3n) is 3.72. The van der Waals surface area contributed by atoms with Crippen LogP contribution in [0, 0.1) is 0 Å². The van der Waals surface area contributed by atoms with Crippen molar-refractivity contribution in [1.29, 1.82) is 0 Å². The molecule has 0 N–H and O–H groups in total. The zero-order chi connectivity index (χ0) is 16.3. The van der Waals surface area contributed by atoms with E-state index in [0.717, 1.165) is 12.1 Å². The average Bonchev–Trinajstić information content (AvgIpc) is 2.47. The van der Waals surface area contributed by atoms with Crippen molar-refractivity contribution in [2.75, 3.05) is 32.7 Å². The highest BCUT2D eigenvalue weighted by molar-refractivity contribution is 7.89. The third kappa shape index (κ3) is 3.82. The van der Waals surface area contributed by atoms with Crippen molar-refractivity contribution in [3.63, 3.8) is 0 Å². The van der Waals surface area contributed by atoms with Crippen molar-refractivity contribution < 1.29 is 13.2 Å². The summed E-state index contributed by atoms with van der Waals surface area (Å²) in [6.45, 7) is 10.5. The minimum atomic E-state index is -3.48. The Labute approximate surface area is 132 Å². The fraction of sp³-hybridized carbons (Fsp3) is 0.438. The maximum Gasteiger partial charge on any atom is 0.243 e. The van der Waals surface area contributed by atoms with Crippen LogP contribution >= 0.6 is 0 Å². The fourth-order valence-corrected chi connectivity index (χ4v) is 3.94. The largest absolute Gasteiger partial charge is 0.297 e. The lowest BCUT2D eigenvalue weighted by atomic mass is 10.2. The molecule has 0 atom stereocenters. The Balaban J connectivity index is 2.08. The average molecular weight is 322 g/mol. The number of nitrogens with zero attached hydrogens (tertiary/aromatic N) is 2. The van der Waals surface area contributed by atoms with Crippen LogP contribution in [0.1, 0.15) is 24.2 Å². The molecule has 2 rings (SSSR count). The molecular formula is C16H22N2O3S. The van der Waals surface area contributed by atoms with Crippen LogP contribution in [0.3, 0.4) is 0 Å². The van der Waals surface area contributed by atoms with Crippen LogP contribution in [0.4, 0.5) is 0 Å².